The molecule has 0 bridgehead atoms. The zero-order chi connectivity index (χ0) is 22.2. The molecule has 1 atom stereocenters. The minimum atomic E-state index is -4.83. The van der Waals surface area contributed by atoms with Gasteiger partial charge >= 0.3 is 6.18 Å². The Labute approximate surface area is 182 Å². The second-order valence-corrected chi connectivity index (χ2v) is 9.17. The largest absolute Gasteiger partial charge is 0.419 e. The molecule has 160 valence electrons. The third-order valence-electron chi connectivity index (χ3n) is 4.65. The van der Waals surface area contributed by atoms with Crippen molar-refractivity contribution in [2.75, 3.05) is 10.0 Å². The van der Waals surface area contributed by atoms with E-state index in [2.05, 4.69) is 0 Å². The third-order valence-corrected chi connectivity index (χ3v) is 7.36. The fourth-order valence-electron chi connectivity index (χ4n) is 3.16. The Kier molecular flexibility index (Phi) is 5.72. The van der Waals surface area contributed by atoms with E-state index >= 15 is 0 Å². The Hall–Kier alpha value is -2.91. The minimum absolute atomic E-state index is 0.151. The van der Waals surface area contributed by atoms with Crippen LogP contribution in [0.3, 0.4) is 0 Å². The number of nitrogens with zero attached hydrogens (tertiary/aromatic N) is 1. The average Bonchev–Trinajstić information content (AvgIpc) is 3.09. The first-order valence-corrected chi connectivity index (χ1v) is 11.0. The Morgan fingerprint density at radius 1 is 0.968 bits per heavy atom. The Morgan fingerprint density at radius 2 is 1.65 bits per heavy atom. The third kappa shape index (κ3) is 4.28. The summed E-state index contributed by atoms with van der Waals surface area (Å²) in [5, 5.41) is 1.24. The van der Waals surface area contributed by atoms with Crippen molar-refractivity contribution in [1.29, 1.82) is 0 Å². The number of hydrogen-bond acceptors (Lipinski definition) is 3. The molecule has 0 saturated heterocycles. The highest BCUT2D eigenvalue weighted by atomic mass is 32.2. The van der Waals surface area contributed by atoms with Gasteiger partial charge in [0.05, 0.1) is 22.7 Å². The van der Waals surface area contributed by atoms with Gasteiger partial charge in [-0.1, -0.05) is 42.5 Å². The highest BCUT2D eigenvalue weighted by molar-refractivity contribution is 7.86. The molecule has 0 aliphatic carbocycles. The second-order valence-electron chi connectivity index (χ2n) is 6.73. The first-order chi connectivity index (χ1) is 14.8. The molecule has 1 aromatic heterocycles. The molecular weight excluding hydrogens is 448 g/mol. The number of benzene rings is 3. The van der Waals surface area contributed by atoms with E-state index in [1.807, 2.05) is 24.3 Å². The molecule has 0 saturated carbocycles. The topological polar surface area (TPSA) is 46.3 Å². The fourth-order valence-corrected chi connectivity index (χ4v) is 5.67. The Morgan fingerprint density at radius 3 is 2.32 bits per heavy atom. The van der Waals surface area contributed by atoms with Crippen molar-refractivity contribution in [3.8, 4) is 0 Å². The lowest BCUT2D eigenvalue weighted by molar-refractivity contribution is -0.140. The molecule has 0 spiro atoms. The molecule has 2 N–H and O–H groups in total. The maximum absolute atomic E-state index is 13.7. The van der Waals surface area contributed by atoms with Crippen LogP contribution in [-0.2, 0) is 23.7 Å². The van der Waals surface area contributed by atoms with Gasteiger partial charge in [0.25, 0.3) is 0 Å². The number of hydrogen-bond donors (Lipinski definition) is 1. The Balaban J connectivity index is 1.82. The molecule has 4 rings (SSSR count). The molecule has 1 heterocycles. The minimum Gasteiger partial charge on any atom is -0.396 e. The number of thiophene rings is 1. The van der Waals surface area contributed by atoms with Crippen molar-refractivity contribution < 1.29 is 21.8 Å². The van der Waals surface area contributed by atoms with Crippen LogP contribution in [0, 0.1) is 5.82 Å². The molecule has 4 aromatic rings. The number of nitrogen functional groups attached to an aromatic ring is 1. The van der Waals surface area contributed by atoms with Crippen LogP contribution in [0.15, 0.2) is 77.7 Å². The summed E-state index contributed by atoms with van der Waals surface area (Å²) in [5.41, 5.74) is 5.52. The van der Waals surface area contributed by atoms with Crippen LogP contribution in [0.25, 0.3) is 10.1 Å². The van der Waals surface area contributed by atoms with Crippen LogP contribution in [0.5, 0.6) is 0 Å². The number of nitrogens with two attached hydrogens (primary N) is 1. The molecule has 0 amide bonds. The van der Waals surface area contributed by atoms with E-state index in [9.17, 15) is 21.8 Å². The maximum atomic E-state index is 13.7. The van der Waals surface area contributed by atoms with Gasteiger partial charge in [-0.15, -0.1) is 11.3 Å². The average molecular weight is 465 g/mol. The van der Waals surface area contributed by atoms with Crippen molar-refractivity contribution in [3.63, 3.8) is 0 Å². The summed E-state index contributed by atoms with van der Waals surface area (Å²) >= 11 is 1.30. The van der Waals surface area contributed by atoms with Gasteiger partial charge in [-0.25, -0.2) is 8.60 Å². The normalized spacial score (nSPS) is 12.8. The van der Waals surface area contributed by atoms with Crippen molar-refractivity contribution in [2.24, 2.45) is 0 Å². The van der Waals surface area contributed by atoms with Gasteiger partial charge in [-0.2, -0.15) is 13.2 Å². The monoisotopic (exact) mass is 464 g/mol. The van der Waals surface area contributed by atoms with E-state index in [4.69, 9.17) is 5.73 Å². The molecule has 0 aliphatic heterocycles. The van der Waals surface area contributed by atoms with Gasteiger partial charge in [0.1, 0.15) is 10.8 Å². The summed E-state index contributed by atoms with van der Waals surface area (Å²) in [4.78, 5) is 0.470. The van der Waals surface area contributed by atoms with Gasteiger partial charge < -0.3 is 5.73 Å². The predicted octanol–water partition coefficient (Wildman–Crippen LogP) is 6.37. The summed E-state index contributed by atoms with van der Waals surface area (Å²) in [7, 11) is -1.75. The van der Waals surface area contributed by atoms with Crippen molar-refractivity contribution in [3.05, 3.63) is 89.7 Å². The summed E-state index contributed by atoms with van der Waals surface area (Å²) in [6, 6.07) is 18.7. The fraction of sp³-hybridized carbons (Fsp3) is 0.0909. The van der Waals surface area contributed by atoms with Crippen molar-refractivity contribution >= 4 is 43.1 Å². The SMILES string of the molecule is Nc1c(N(Cc2ccc(F)c(C(F)(F)F)c2)S(=O)c2ccccc2)sc2ccccc12. The van der Waals surface area contributed by atoms with Crippen LogP contribution >= 0.6 is 11.3 Å². The summed E-state index contributed by atoms with van der Waals surface area (Å²) in [6.07, 6.45) is -4.83. The van der Waals surface area contributed by atoms with Crippen LogP contribution in [0.2, 0.25) is 0 Å². The number of rotatable bonds is 5. The Bertz CT molecular complexity index is 1260. The maximum Gasteiger partial charge on any atom is 0.419 e. The van der Waals surface area contributed by atoms with Crippen LogP contribution in [0.4, 0.5) is 28.3 Å². The first-order valence-electron chi connectivity index (χ1n) is 9.13. The van der Waals surface area contributed by atoms with Gasteiger partial charge in [0, 0.05) is 10.1 Å². The van der Waals surface area contributed by atoms with Gasteiger partial charge in [0.15, 0.2) is 11.0 Å². The first kappa shape index (κ1) is 21.3. The summed E-state index contributed by atoms with van der Waals surface area (Å²) in [5.74, 6) is -1.35. The van der Waals surface area contributed by atoms with Crippen LogP contribution in [0.1, 0.15) is 11.1 Å². The van der Waals surface area contributed by atoms with E-state index in [0.717, 1.165) is 22.2 Å². The number of anilines is 2. The lowest BCUT2D eigenvalue weighted by Gasteiger charge is -2.23. The van der Waals surface area contributed by atoms with Crippen LogP contribution < -0.4 is 10.0 Å². The lowest BCUT2D eigenvalue weighted by atomic mass is 10.1. The van der Waals surface area contributed by atoms with Gasteiger partial charge in [-0.3, -0.25) is 4.31 Å². The highest BCUT2D eigenvalue weighted by Crippen LogP contribution is 2.42. The smallest absolute Gasteiger partial charge is 0.396 e. The van der Waals surface area contributed by atoms with E-state index in [-0.39, 0.29) is 12.1 Å². The molecule has 0 fully saturated rings. The van der Waals surface area contributed by atoms with Crippen molar-refractivity contribution in [2.45, 2.75) is 17.6 Å². The zero-order valence-corrected chi connectivity index (χ0v) is 17.5. The highest BCUT2D eigenvalue weighted by Gasteiger charge is 2.34. The molecule has 3 nitrogen and oxygen atoms in total. The number of alkyl halides is 3. The van der Waals surface area contributed by atoms with E-state index in [0.29, 0.717) is 15.6 Å². The quantitative estimate of drug-likeness (QED) is 0.349. The number of halogens is 4. The predicted molar refractivity (Wildman–Crippen MR) is 117 cm³/mol. The van der Waals surface area contributed by atoms with Crippen molar-refractivity contribution in [1.82, 2.24) is 0 Å². The van der Waals surface area contributed by atoms with E-state index in [1.165, 1.54) is 21.7 Å². The standard InChI is InChI=1S/C22H16F4N2OS2/c23-18-11-10-14(12-17(18)22(24,25)26)13-28(31(29)15-6-2-1-3-7-15)21-20(27)16-8-4-5-9-19(16)30-21/h1-12H,13,27H2. The van der Waals surface area contributed by atoms with Gasteiger partial charge in [0.2, 0.25) is 0 Å². The lowest BCUT2D eigenvalue weighted by Crippen LogP contribution is -2.25. The molecule has 3 aromatic carbocycles. The van der Waals surface area contributed by atoms with E-state index in [1.54, 1.807) is 30.3 Å². The molecule has 31 heavy (non-hydrogen) atoms. The summed E-state index contributed by atoms with van der Waals surface area (Å²) in [6.45, 7) is -0.151. The molecule has 1 unspecified atom stereocenters. The molecular formula is C22H16F4N2OS2. The number of fused-ring (bicyclic) bond motifs is 1. The zero-order valence-electron chi connectivity index (χ0n) is 15.9. The summed E-state index contributed by atoms with van der Waals surface area (Å²) < 4.78 is 69.0. The van der Waals surface area contributed by atoms with Crippen LogP contribution in [-0.4, -0.2) is 4.21 Å². The molecule has 0 aliphatic rings. The second kappa shape index (κ2) is 8.32. The van der Waals surface area contributed by atoms with E-state index < -0.39 is 28.5 Å². The molecule has 0 radical (unpaired) electrons. The molecule has 9 heteroatoms. The van der Waals surface area contributed by atoms with Gasteiger partial charge in [-0.05, 0) is 35.9 Å².